The van der Waals surface area contributed by atoms with Gasteiger partial charge in [0.15, 0.2) is 0 Å². The molecule has 0 aromatic carbocycles. The van der Waals surface area contributed by atoms with Crippen LogP contribution in [0.15, 0.2) is 30.5 Å². The van der Waals surface area contributed by atoms with E-state index in [4.69, 9.17) is 11.6 Å². The number of carbonyl (C=O) groups is 1. The van der Waals surface area contributed by atoms with Gasteiger partial charge in [0.05, 0.1) is 17.1 Å². The highest BCUT2D eigenvalue weighted by Crippen LogP contribution is 2.25. The maximum absolute atomic E-state index is 13.1. The molecule has 0 saturated carbocycles. The lowest BCUT2D eigenvalue weighted by Gasteiger charge is -2.18. The van der Waals surface area contributed by atoms with Gasteiger partial charge in [-0.15, -0.1) is 10.2 Å². The van der Waals surface area contributed by atoms with E-state index in [0.29, 0.717) is 40.8 Å². The summed E-state index contributed by atoms with van der Waals surface area (Å²) in [5, 5.41) is 7.83. The fraction of sp³-hybridized carbons (Fsp3) is 0.294. The number of rotatable bonds is 5. The van der Waals surface area contributed by atoms with E-state index in [9.17, 15) is 9.18 Å². The van der Waals surface area contributed by atoms with Gasteiger partial charge in [-0.2, -0.15) is 4.39 Å². The molecule has 3 heterocycles. The summed E-state index contributed by atoms with van der Waals surface area (Å²) in [4.78, 5) is 18.9. The summed E-state index contributed by atoms with van der Waals surface area (Å²) in [6, 6.07) is 6.20. The molecule has 1 amide bonds. The zero-order chi connectivity index (χ0) is 18.0. The van der Waals surface area contributed by atoms with Gasteiger partial charge in [-0.05, 0) is 38.1 Å². The second kappa shape index (κ2) is 7.14. The number of halogens is 2. The van der Waals surface area contributed by atoms with E-state index in [-0.39, 0.29) is 12.3 Å². The van der Waals surface area contributed by atoms with Crippen molar-refractivity contribution in [2.24, 2.45) is 0 Å². The Morgan fingerprint density at radius 2 is 1.96 bits per heavy atom. The van der Waals surface area contributed by atoms with Gasteiger partial charge >= 0.3 is 0 Å². The summed E-state index contributed by atoms with van der Waals surface area (Å²) in [6.07, 6.45) is 1.84. The van der Waals surface area contributed by atoms with Crippen LogP contribution in [0.1, 0.15) is 19.5 Å². The number of aromatic nitrogens is 4. The van der Waals surface area contributed by atoms with Gasteiger partial charge in [0, 0.05) is 19.3 Å². The summed E-state index contributed by atoms with van der Waals surface area (Å²) in [5.74, 6) is -0.695. The Hall–Kier alpha value is -2.54. The minimum Gasteiger partial charge on any atom is -0.343 e. The van der Waals surface area contributed by atoms with Crippen LogP contribution in [0.3, 0.4) is 0 Å². The van der Waals surface area contributed by atoms with E-state index in [1.165, 1.54) is 12.1 Å². The van der Waals surface area contributed by atoms with Gasteiger partial charge in [-0.25, -0.2) is 4.98 Å². The minimum atomic E-state index is -0.670. The number of fused-ring (bicyclic) bond motifs is 1. The third-order valence-corrected chi connectivity index (χ3v) is 4.21. The molecule has 0 unspecified atom stereocenters. The van der Waals surface area contributed by atoms with Gasteiger partial charge in [-0.1, -0.05) is 11.6 Å². The Bertz CT molecular complexity index is 905. The van der Waals surface area contributed by atoms with Crippen LogP contribution < -0.4 is 0 Å². The van der Waals surface area contributed by atoms with E-state index in [2.05, 4.69) is 15.2 Å². The maximum Gasteiger partial charge on any atom is 0.233 e. The zero-order valence-electron chi connectivity index (χ0n) is 13.9. The summed E-state index contributed by atoms with van der Waals surface area (Å²) < 4.78 is 14.9. The molecular formula is C17H17ClFN5O. The third kappa shape index (κ3) is 3.46. The molecule has 3 aromatic rings. The highest BCUT2D eigenvalue weighted by molar-refractivity contribution is 6.30. The van der Waals surface area contributed by atoms with Crippen molar-refractivity contribution >= 4 is 23.2 Å². The van der Waals surface area contributed by atoms with Crippen molar-refractivity contribution in [1.82, 2.24) is 24.5 Å². The first-order valence-electron chi connectivity index (χ1n) is 7.97. The molecule has 0 aliphatic rings. The van der Waals surface area contributed by atoms with Crippen molar-refractivity contribution in [3.05, 3.63) is 47.1 Å². The number of pyridine rings is 1. The Morgan fingerprint density at radius 3 is 2.60 bits per heavy atom. The van der Waals surface area contributed by atoms with E-state index < -0.39 is 5.95 Å². The number of amides is 1. The predicted octanol–water partition coefficient (Wildman–Crippen LogP) is 2.99. The van der Waals surface area contributed by atoms with Crippen LogP contribution in [0.2, 0.25) is 5.02 Å². The lowest BCUT2D eigenvalue weighted by molar-refractivity contribution is -0.130. The standard InChI is InChI=1S/C17H17ClFN5O/c1-3-23(4-2)16(25)9-13-17(12-6-7-14(19)22-21-12)20-15-8-5-11(18)10-24(13)15/h5-8,10H,3-4,9H2,1-2H3/i19-1. The van der Waals surface area contributed by atoms with E-state index in [0.717, 1.165) is 0 Å². The summed E-state index contributed by atoms with van der Waals surface area (Å²) in [5.41, 5.74) is 2.18. The minimum absolute atomic E-state index is 0.0249. The van der Waals surface area contributed by atoms with Crippen molar-refractivity contribution in [2.45, 2.75) is 20.3 Å². The second-order valence-electron chi connectivity index (χ2n) is 5.47. The van der Waals surface area contributed by atoms with Gasteiger partial charge in [0.1, 0.15) is 17.0 Å². The van der Waals surface area contributed by atoms with Crippen molar-refractivity contribution in [2.75, 3.05) is 13.1 Å². The highest BCUT2D eigenvalue weighted by atomic mass is 35.5. The molecule has 25 heavy (non-hydrogen) atoms. The summed E-state index contributed by atoms with van der Waals surface area (Å²) in [7, 11) is 0. The van der Waals surface area contributed by atoms with Crippen LogP contribution in [-0.4, -0.2) is 43.5 Å². The van der Waals surface area contributed by atoms with Crippen LogP contribution in [0.25, 0.3) is 17.0 Å². The molecule has 0 aliphatic carbocycles. The van der Waals surface area contributed by atoms with Crippen LogP contribution in [-0.2, 0) is 11.2 Å². The lowest BCUT2D eigenvalue weighted by Crippen LogP contribution is -2.32. The molecule has 0 bridgehead atoms. The van der Waals surface area contributed by atoms with Gasteiger partial charge in [0.2, 0.25) is 11.9 Å². The van der Waals surface area contributed by atoms with Crippen LogP contribution in [0, 0.1) is 5.95 Å². The van der Waals surface area contributed by atoms with Crippen LogP contribution in [0.4, 0.5) is 4.39 Å². The first kappa shape index (κ1) is 17.3. The SMILES string of the molecule is CCN(CC)C(=O)Cc1c(-c2ccc([18F])nn2)nc2ccc(Cl)cn12. The number of hydrogen-bond donors (Lipinski definition) is 0. The fourth-order valence-electron chi connectivity index (χ4n) is 2.72. The molecule has 0 aliphatic heterocycles. The number of imidazole rings is 1. The molecule has 0 N–H and O–H groups in total. The molecule has 0 fully saturated rings. The van der Waals surface area contributed by atoms with Crippen LogP contribution in [0.5, 0.6) is 0 Å². The lowest BCUT2D eigenvalue weighted by atomic mass is 10.1. The number of hydrogen-bond acceptors (Lipinski definition) is 4. The molecule has 8 heteroatoms. The highest BCUT2D eigenvalue weighted by Gasteiger charge is 2.20. The van der Waals surface area contributed by atoms with Gasteiger partial charge in [-0.3, -0.25) is 4.79 Å². The predicted molar refractivity (Wildman–Crippen MR) is 92.8 cm³/mol. The third-order valence-electron chi connectivity index (χ3n) is 3.99. The second-order valence-corrected chi connectivity index (χ2v) is 5.90. The summed E-state index contributed by atoms with van der Waals surface area (Å²) >= 11 is 6.10. The Labute approximate surface area is 149 Å². The van der Waals surface area contributed by atoms with Crippen molar-refractivity contribution in [1.29, 1.82) is 0 Å². The molecule has 0 atom stereocenters. The molecule has 0 radical (unpaired) electrons. The molecule has 6 nitrogen and oxygen atoms in total. The average Bonchev–Trinajstić information content (AvgIpc) is 2.94. The fourth-order valence-corrected chi connectivity index (χ4v) is 2.88. The topological polar surface area (TPSA) is 63.4 Å². The van der Waals surface area contributed by atoms with E-state index in [1.807, 2.05) is 13.8 Å². The number of carbonyl (C=O) groups excluding carboxylic acids is 1. The molecular weight excluding hydrogens is 344 g/mol. The quantitative estimate of drug-likeness (QED) is 0.701. The molecule has 130 valence electrons. The van der Waals surface area contributed by atoms with Crippen molar-refractivity contribution in [3.8, 4) is 11.4 Å². The largest absolute Gasteiger partial charge is 0.343 e. The Balaban J connectivity index is 2.12. The number of likely N-dealkylation sites (N-methyl/N-ethyl adjacent to an activating group) is 1. The average molecular weight is 361 g/mol. The molecule has 0 spiro atoms. The van der Waals surface area contributed by atoms with Crippen molar-refractivity contribution in [3.63, 3.8) is 0 Å². The first-order valence-corrected chi connectivity index (χ1v) is 8.35. The molecule has 3 rings (SSSR count). The van der Waals surface area contributed by atoms with Crippen LogP contribution >= 0.6 is 11.6 Å². The van der Waals surface area contributed by atoms with Crippen molar-refractivity contribution < 1.29 is 9.18 Å². The molecule has 0 saturated heterocycles. The Kier molecular flexibility index (Phi) is 4.94. The summed E-state index contributed by atoms with van der Waals surface area (Å²) in [6.45, 7) is 5.11. The van der Waals surface area contributed by atoms with Gasteiger partial charge in [0.25, 0.3) is 0 Å². The van der Waals surface area contributed by atoms with E-state index >= 15 is 0 Å². The smallest absolute Gasteiger partial charge is 0.233 e. The maximum atomic E-state index is 13.1. The van der Waals surface area contributed by atoms with E-state index in [1.54, 1.807) is 27.6 Å². The first-order chi connectivity index (χ1) is 12.0. The van der Waals surface area contributed by atoms with Gasteiger partial charge < -0.3 is 9.30 Å². The monoisotopic (exact) mass is 360 g/mol. The Morgan fingerprint density at radius 1 is 1.20 bits per heavy atom. The zero-order valence-corrected chi connectivity index (χ0v) is 14.7. The normalized spacial score (nSPS) is 11.0. The molecule has 3 aromatic heterocycles. The number of nitrogens with zero attached hydrogens (tertiary/aromatic N) is 5.